The molecule has 8 nitrogen and oxygen atoms in total. The van der Waals surface area contributed by atoms with Crippen molar-refractivity contribution < 1.29 is 33.0 Å². The number of furan rings is 1. The number of terminal acetylenes is 1. The van der Waals surface area contributed by atoms with Crippen LogP contribution < -0.4 is 9.47 Å². The van der Waals surface area contributed by atoms with E-state index in [0.29, 0.717) is 21.5 Å². The highest BCUT2D eigenvalue weighted by Crippen LogP contribution is 2.39. The van der Waals surface area contributed by atoms with Crippen LogP contribution >= 0.6 is 27.7 Å². The van der Waals surface area contributed by atoms with Crippen LogP contribution in [-0.2, 0) is 16.1 Å². The Hall–Kier alpha value is -3.16. The number of ether oxygens (including phenoxy) is 3. The van der Waals surface area contributed by atoms with Gasteiger partial charge in [0.05, 0.1) is 30.1 Å². The van der Waals surface area contributed by atoms with E-state index in [1.807, 2.05) is 0 Å². The monoisotopic (exact) mass is 505 g/mol. The summed E-state index contributed by atoms with van der Waals surface area (Å²) in [5.74, 6) is 2.38. The maximum atomic E-state index is 12.8. The van der Waals surface area contributed by atoms with Crippen LogP contribution in [0.25, 0.3) is 6.08 Å². The minimum Gasteiger partial charge on any atom is -0.493 e. The van der Waals surface area contributed by atoms with E-state index in [1.165, 1.54) is 26.4 Å². The smallest absolute Gasteiger partial charge is 0.373 e. The van der Waals surface area contributed by atoms with Crippen molar-refractivity contribution in [3.8, 4) is 23.8 Å². The highest BCUT2D eigenvalue weighted by Gasteiger charge is 2.36. The lowest BCUT2D eigenvalue weighted by atomic mass is 10.2. The lowest BCUT2D eigenvalue weighted by Crippen LogP contribution is -2.27. The van der Waals surface area contributed by atoms with E-state index in [0.717, 1.165) is 16.7 Å². The summed E-state index contributed by atoms with van der Waals surface area (Å²) in [4.78, 5) is 37.9. The van der Waals surface area contributed by atoms with Crippen molar-refractivity contribution in [2.45, 2.75) is 6.54 Å². The molecule has 0 atom stereocenters. The van der Waals surface area contributed by atoms with Gasteiger partial charge in [-0.15, -0.1) is 6.42 Å². The molecular weight excluding hydrogens is 490 g/mol. The number of esters is 1. The zero-order chi connectivity index (χ0) is 22.5. The Kier molecular flexibility index (Phi) is 7.09. The van der Waals surface area contributed by atoms with E-state index in [1.54, 1.807) is 18.2 Å². The maximum Gasteiger partial charge on any atom is 0.373 e. The van der Waals surface area contributed by atoms with E-state index in [9.17, 15) is 14.4 Å². The van der Waals surface area contributed by atoms with Gasteiger partial charge in [-0.1, -0.05) is 5.92 Å². The fourth-order valence-corrected chi connectivity index (χ4v) is 4.11. The molecule has 1 aliphatic heterocycles. The van der Waals surface area contributed by atoms with Crippen molar-refractivity contribution in [2.24, 2.45) is 0 Å². The van der Waals surface area contributed by atoms with Crippen LogP contribution in [0.15, 0.2) is 38.1 Å². The Balaban J connectivity index is 1.81. The third-order valence-electron chi connectivity index (χ3n) is 4.09. The first-order valence-corrected chi connectivity index (χ1v) is 10.3. The van der Waals surface area contributed by atoms with Crippen molar-refractivity contribution in [1.82, 2.24) is 4.90 Å². The molecule has 2 amide bonds. The van der Waals surface area contributed by atoms with Crippen LogP contribution in [0.3, 0.4) is 0 Å². The van der Waals surface area contributed by atoms with E-state index >= 15 is 0 Å². The average molecular weight is 506 g/mol. The summed E-state index contributed by atoms with van der Waals surface area (Å²) in [7, 11) is 2.71. The average Bonchev–Trinajstić information content (AvgIpc) is 3.32. The first-order valence-electron chi connectivity index (χ1n) is 8.74. The second kappa shape index (κ2) is 9.76. The molecule has 1 aliphatic rings. The highest BCUT2D eigenvalue weighted by atomic mass is 79.9. The van der Waals surface area contributed by atoms with E-state index in [2.05, 4.69) is 26.6 Å². The molecule has 1 aromatic carbocycles. The van der Waals surface area contributed by atoms with E-state index < -0.39 is 17.1 Å². The summed E-state index contributed by atoms with van der Waals surface area (Å²) in [5, 5.41) is -0.452. The predicted octanol–water partition coefficient (Wildman–Crippen LogP) is 4.09. The maximum absolute atomic E-state index is 12.8. The minimum atomic E-state index is -0.644. The van der Waals surface area contributed by atoms with Crippen LogP contribution in [0.1, 0.15) is 21.9 Å². The number of imide groups is 1. The Labute approximate surface area is 190 Å². The number of hydrogen-bond acceptors (Lipinski definition) is 8. The van der Waals surface area contributed by atoms with E-state index in [-0.39, 0.29) is 29.6 Å². The Bertz CT molecular complexity index is 1120. The summed E-state index contributed by atoms with van der Waals surface area (Å²) in [5.41, 5.74) is 0.619. The minimum absolute atomic E-state index is 0.0101. The molecule has 10 heteroatoms. The van der Waals surface area contributed by atoms with Gasteiger partial charge in [0, 0.05) is 0 Å². The molecular formula is C21H16BrNO7S. The number of thioether (sulfide) groups is 1. The van der Waals surface area contributed by atoms with Gasteiger partial charge in [0.2, 0.25) is 5.76 Å². The van der Waals surface area contributed by atoms with Crippen molar-refractivity contribution in [1.29, 1.82) is 0 Å². The van der Waals surface area contributed by atoms with Crippen LogP contribution in [0.4, 0.5) is 4.79 Å². The fourth-order valence-electron chi connectivity index (χ4n) is 2.69. The van der Waals surface area contributed by atoms with Gasteiger partial charge in [-0.3, -0.25) is 14.5 Å². The Morgan fingerprint density at radius 1 is 1.32 bits per heavy atom. The van der Waals surface area contributed by atoms with Gasteiger partial charge in [-0.2, -0.15) is 0 Å². The zero-order valence-electron chi connectivity index (χ0n) is 16.5. The Morgan fingerprint density at radius 3 is 2.77 bits per heavy atom. The second-order valence-corrected chi connectivity index (χ2v) is 7.90. The number of halogens is 1. The molecule has 160 valence electrons. The number of carbonyl (C=O) groups excluding carboxylic acids is 3. The normalized spacial score (nSPS) is 14.6. The lowest BCUT2D eigenvalue weighted by Gasteiger charge is -2.12. The van der Waals surface area contributed by atoms with Crippen molar-refractivity contribution in [3.05, 3.63) is 50.7 Å². The number of carbonyl (C=O) groups is 3. The van der Waals surface area contributed by atoms with Gasteiger partial charge in [-0.25, -0.2) is 4.79 Å². The molecule has 3 rings (SSSR count). The first-order chi connectivity index (χ1) is 14.9. The molecule has 1 aromatic heterocycles. The number of hydrogen-bond donors (Lipinski definition) is 0. The van der Waals surface area contributed by atoms with Crippen LogP contribution in [-0.4, -0.2) is 42.8 Å². The molecule has 0 N–H and O–H groups in total. The quantitative estimate of drug-likeness (QED) is 0.315. The predicted molar refractivity (Wildman–Crippen MR) is 117 cm³/mol. The van der Waals surface area contributed by atoms with Crippen molar-refractivity contribution in [3.63, 3.8) is 0 Å². The van der Waals surface area contributed by atoms with Gasteiger partial charge in [0.15, 0.2) is 11.5 Å². The standard InChI is InChI=1S/C21H16BrNO7S/c1-4-7-29-18-14(22)8-12(9-16(18)27-2)10-17-19(24)23(21(26)31-17)11-13-5-6-15(30-13)20(25)28-3/h1,5-6,8-10H,7,11H2,2-3H3/b17-10+. The molecule has 31 heavy (non-hydrogen) atoms. The summed E-state index contributed by atoms with van der Waals surface area (Å²) in [6.07, 6.45) is 6.80. The van der Waals surface area contributed by atoms with Crippen molar-refractivity contribution in [2.75, 3.05) is 20.8 Å². The molecule has 1 fully saturated rings. The third kappa shape index (κ3) is 4.95. The second-order valence-electron chi connectivity index (χ2n) is 6.05. The van der Waals surface area contributed by atoms with Gasteiger partial charge in [-0.05, 0) is 63.6 Å². The largest absolute Gasteiger partial charge is 0.493 e. The molecule has 0 spiro atoms. The molecule has 0 saturated carbocycles. The summed E-state index contributed by atoms with van der Waals surface area (Å²) < 4.78 is 21.3. The molecule has 0 bridgehead atoms. The summed E-state index contributed by atoms with van der Waals surface area (Å²) in [6.45, 7) is -0.0391. The van der Waals surface area contributed by atoms with Gasteiger partial charge >= 0.3 is 5.97 Å². The van der Waals surface area contributed by atoms with Crippen molar-refractivity contribution >= 4 is 50.9 Å². The lowest BCUT2D eigenvalue weighted by molar-refractivity contribution is -0.123. The molecule has 0 aliphatic carbocycles. The zero-order valence-corrected chi connectivity index (χ0v) is 18.9. The number of nitrogens with zero attached hydrogens (tertiary/aromatic N) is 1. The van der Waals surface area contributed by atoms with Gasteiger partial charge < -0.3 is 18.6 Å². The molecule has 2 aromatic rings. The number of amides is 2. The van der Waals surface area contributed by atoms with Crippen LogP contribution in [0.2, 0.25) is 0 Å². The molecule has 0 unspecified atom stereocenters. The van der Waals surface area contributed by atoms with Crippen LogP contribution in [0, 0.1) is 12.3 Å². The van der Waals surface area contributed by atoms with Gasteiger partial charge in [0.1, 0.15) is 12.4 Å². The SMILES string of the molecule is C#CCOc1c(Br)cc(/C=C2/SC(=O)N(Cc3ccc(C(=O)OC)o3)C2=O)cc1OC. The topological polar surface area (TPSA) is 95.3 Å². The summed E-state index contributed by atoms with van der Waals surface area (Å²) >= 11 is 4.20. The first kappa shape index (κ1) is 22.5. The number of benzene rings is 1. The Morgan fingerprint density at radius 2 is 2.10 bits per heavy atom. The third-order valence-corrected chi connectivity index (χ3v) is 5.58. The number of rotatable bonds is 7. The highest BCUT2D eigenvalue weighted by molar-refractivity contribution is 9.10. The molecule has 0 radical (unpaired) electrons. The molecule has 1 saturated heterocycles. The molecule has 2 heterocycles. The summed E-state index contributed by atoms with van der Waals surface area (Å²) in [6, 6.07) is 6.32. The van der Waals surface area contributed by atoms with Crippen LogP contribution in [0.5, 0.6) is 11.5 Å². The van der Waals surface area contributed by atoms with Gasteiger partial charge in [0.25, 0.3) is 11.1 Å². The number of methoxy groups -OCH3 is 2. The fraction of sp³-hybridized carbons (Fsp3) is 0.190. The van der Waals surface area contributed by atoms with E-state index in [4.69, 9.17) is 20.3 Å².